The van der Waals surface area contributed by atoms with Gasteiger partial charge >= 0.3 is 0 Å². The molecule has 0 saturated carbocycles. The first-order chi connectivity index (χ1) is 9.49. The van der Waals surface area contributed by atoms with Crippen molar-refractivity contribution in [3.63, 3.8) is 0 Å². The van der Waals surface area contributed by atoms with Gasteiger partial charge in [0.1, 0.15) is 0 Å². The molecule has 0 spiro atoms. The lowest BCUT2D eigenvalue weighted by molar-refractivity contribution is 0.0748. The molecule has 1 fully saturated rings. The number of nitrogens with zero attached hydrogens (tertiary/aromatic N) is 1. The minimum absolute atomic E-state index is 0.0206. The van der Waals surface area contributed by atoms with Crippen LogP contribution in [0, 0.1) is 0 Å². The van der Waals surface area contributed by atoms with Crippen LogP contribution in [0.4, 0.5) is 0 Å². The molecule has 1 saturated heterocycles. The number of amides is 1. The zero-order chi connectivity index (χ0) is 14.3. The van der Waals surface area contributed by atoms with Crippen LogP contribution < -0.4 is 0 Å². The highest BCUT2D eigenvalue weighted by Crippen LogP contribution is 2.24. The van der Waals surface area contributed by atoms with Gasteiger partial charge in [0.15, 0.2) is 0 Å². The fourth-order valence-electron chi connectivity index (χ4n) is 2.67. The van der Waals surface area contributed by atoms with Crippen molar-refractivity contribution in [3.8, 4) is 0 Å². The van der Waals surface area contributed by atoms with Crippen molar-refractivity contribution in [2.75, 3.05) is 18.8 Å². The second kappa shape index (κ2) is 4.74. The molecule has 1 aromatic carbocycles. The molecule has 0 aliphatic carbocycles. The topological polar surface area (TPSA) is 53.2 Å². The van der Waals surface area contributed by atoms with Crippen molar-refractivity contribution in [3.05, 3.63) is 36.0 Å². The van der Waals surface area contributed by atoms with Crippen LogP contribution in [0.3, 0.4) is 0 Å². The summed E-state index contributed by atoms with van der Waals surface area (Å²) in [5.41, 5.74) is 1.67. The molecule has 5 heteroatoms. The van der Waals surface area contributed by atoms with Crippen molar-refractivity contribution < 1.29 is 9.00 Å². The summed E-state index contributed by atoms with van der Waals surface area (Å²) in [6, 6.07) is 7.79. The summed E-state index contributed by atoms with van der Waals surface area (Å²) >= 11 is 0. The zero-order valence-corrected chi connectivity index (χ0v) is 12.5. The minimum Gasteiger partial charge on any atom is -0.360 e. The van der Waals surface area contributed by atoms with Crippen LogP contribution in [-0.2, 0) is 10.8 Å². The highest BCUT2D eigenvalue weighted by molar-refractivity contribution is 7.86. The second-order valence-corrected chi connectivity index (χ2v) is 7.99. The Kier molecular flexibility index (Phi) is 3.17. The molecule has 1 aliphatic rings. The van der Waals surface area contributed by atoms with E-state index in [1.165, 1.54) is 0 Å². The van der Waals surface area contributed by atoms with Crippen LogP contribution in [0.1, 0.15) is 24.2 Å². The van der Waals surface area contributed by atoms with E-state index in [-0.39, 0.29) is 10.7 Å². The Bertz CT molecular complexity index is 690. The fraction of sp³-hybridized carbons (Fsp3) is 0.400. The molecule has 4 nitrogen and oxygen atoms in total. The van der Waals surface area contributed by atoms with Crippen molar-refractivity contribution >= 4 is 27.6 Å². The number of hydrogen-bond donors (Lipinski definition) is 1. The smallest absolute Gasteiger partial charge is 0.256 e. The Labute approximate surface area is 120 Å². The Hall–Kier alpha value is -1.62. The predicted molar refractivity (Wildman–Crippen MR) is 81.3 cm³/mol. The van der Waals surface area contributed by atoms with E-state index in [2.05, 4.69) is 4.98 Å². The first-order valence-electron chi connectivity index (χ1n) is 6.73. The molecule has 0 unspecified atom stereocenters. The number of aromatic nitrogens is 1. The van der Waals surface area contributed by atoms with Gasteiger partial charge in [0.25, 0.3) is 5.91 Å². The largest absolute Gasteiger partial charge is 0.360 e. The maximum Gasteiger partial charge on any atom is 0.256 e. The van der Waals surface area contributed by atoms with Crippen molar-refractivity contribution in [1.82, 2.24) is 9.88 Å². The molecule has 2 aromatic rings. The van der Waals surface area contributed by atoms with Crippen LogP contribution >= 0.6 is 0 Å². The number of fused-ring (bicyclic) bond motifs is 1. The summed E-state index contributed by atoms with van der Waals surface area (Å²) in [5, 5.41) is 0.946. The van der Waals surface area contributed by atoms with Gasteiger partial charge in [0.2, 0.25) is 0 Å². The summed E-state index contributed by atoms with van der Waals surface area (Å²) in [5.74, 6) is 0.577. The summed E-state index contributed by atoms with van der Waals surface area (Å²) in [7, 11) is -0.863. The first-order valence-corrected chi connectivity index (χ1v) is 8.05. The van der Waals surface area contributed by atoms with E-state index < -0.39 is 10.8 Å². The zero-order valence-electron chi connectivity index (χ0n) is 11.7. The third-order valence-electron chi connectivity index (χ3n) is 3.84. The van der Waals surface area contributed by atoms with Crippen molar-refractivity contribution in [2.24, 2.45) is 0 Å². The number of carbonyl (C=O) groups is 1. The maximum absolute atomic E-state index is 12.7. The fourth-order valence-corrected chi connectivity index (χ4v) is 3.91. The van der Waals surface area contributed by atoms with E-state index in [0.29, 0.717) is 24.4 Å². The van der Waals surface area contributed by atoms with Gasteiger partial charge in [-0.2, -0.15) is 0 Å². The number of hydrogen-bond acceptors (Lipinski definition) is 2. The van der Waals surface area contributed by atoms with Crippen molar-refractivity contribution in [1.29, 1.82) is 0 Å². The van der Waals surface area contributed by atoms with Crippen LogP contribution in [0.2, 0.25) is 0 Å². The molecular formula is C15H18N2O2S. The second-order valence-electron chi connectivity index (χ2n) is 5.78. The molecule has 1 aromatic heterocycles. The van der Waals surface area contributed by atoms with Gasteiger partial charge in [-0.25, -0.2) is 0 Å². The number of carbonyl (C=O) groups excluding carboxylic acids is 1. The van der Waals surface area contributed by atoms with Crippen LogP contribution in [0.25, 0.3) is 10.9 Å². The van der Waals surface area contributed by atoms with Crippen molar-refractivity contribution in [2.45, 2.75) is 18.6 Å². The van der Waals surface area contributed by atoms with Gasteiger partial charge in [-0.15, -0.1) is 0 Å². The van der Waals surface area contributed by atoms with Gasteiger partial charge in [-0.3, -0.25) is 9.00 Å². The number of aromatic amines is 1. The monoisotopic (exact) mass is 290 g/mol. The number of nitrogens with one attached hydrogen (secondary N) is 1. The number of benzene rings is 1. The minimum atomic E-state index is -0.863. The average molecular weight is 290 g/mol. The number of H-pyrrole nitrogens is 1. The molecular weight excluding hydrogens is 272 g/mol. The van der Waals surface area contributed by atoms with E-state index >= 15 is 0 Å². The Morgan fingerprint density at radius 3 is 2.85 bits per heavy atom. The lowest BCUT2D eigenvalue weighted by Crippen LogP contribution is -2.52. The predicted octanol–water partition coefficient (Wildman–Crippen LogP) is 2.15. The molecule has 0 bridgehead atoms. The van der Waals surface area contributed by atoms with Gasteiger partial charge in [-0.05, 0) is 19.9 Å². The lowest BCUT2D eigenvalue weighted by atomic mass is 10.1. The van der Waals surface area contributed by atoms with E-state index in [4.69, 9.17) is 0 Å². The Balaban J connectivity index is 1.91. The molecule has 20 heavy (non-hydrogen) atoms. The van der Waals surface area contributed by atoms with Gasteiger partial charge < -0.3 is 9.88 Å². The van der Waals surface area contributed by atoms with Crippen LogP contribution in [0.15, 0.2) is 30.5 Å². The van der Waals surface area contributed by atoms with Gasteiger partial charge in [0, 0.05) is 46.7 Å². The molecule has 1 atom stereocenters. The average Bonchev–Trinajstić information content (AvgIpc) is 2.85. The highest BCUT2D eigenvalue weighted by Gasteiger charge is 2.35. The number of para-hydroxylation sites is 1. The standard InChI is InChI=1S/C15H18N2O2S/c1-15(2)10-17(7-8-20(15)19)14(18)12-9-16-13-6-4-3-5-11(12)13/h3-6,9,16H,7-8,10H2,1-2H3/t20-/m1/s1. The SMILES string of the molecule is CC1(C)CN(C(=O)c2c[nH]c3ccccc23)CC[S@]1=O. The van der Waals surface area contributed by atoms with E-state index in [0.717, 1.165) is 10.9 Å². The first kappa shape index (κ1) is 13.4. The highest BCUT2D eigenvalue weighted by atomic mass is 32.2. The Morgan fingerprint density at radius 1 is 1.35 bits per heavy atom. The summed E-state index contributed by atoms with van der Waals surface area (Å²) in [6.07, 6.45) is 1.77. The van der Waals surface area contributed by atoms with E-state index in [1.807, 2.05) is 43.0 Å². The molecule has 2 heterocycles. The molecule has 1 N–H and O–H groups in total. The van der Waals surface area contributed by atoms with Gasteiger partial charge in [0.05, 0.1) is 10.3 Å². The molecule has 106 valence electrons. The lowest BCUT2D eigenvalue weighted by Gasteiger charge is -2.37. The quantitative estimate of drug-likeness (QED) is 0.875. The third-order valence-corrected chi connectivity index (χ3v) is 5.76. The maximum atomic E-state index is 12.7. The van der Waals surface area contributed by atoms with E-state index in [9.17, 15) is 9.00 Å². The molecule has 1 amide bonds. The molecule has 3 rings (SSSR count). The van der Waals surface area contributed by atoms with E-state index in [1.54, 1.807) is 6.20 Å². The Morgan fingerprint density at radius 2 is 2.10 bits per heavy atom. The normalized spacial score (nSPS) is 22.1. The molecule has 1 aliphatic heterocycles. The summed E-state index contributed by atoms with van der Waals surface area (Å²) < 4.78 is 11.6. The summed E-state index contributed by atoms with van der Waals surface area (Å²) in [4.78, 5) is 17.6. The summed E-state index contributed by atoms with van der Waals surface area (Å²) in [6.45, 7) is 5.02. The van der Waals surface area contributed by atoms with Gasteiger partial charge in [-0.1, -0.05) is 18.2 Å². The molecule has 0 radical (unpaired) electrons. The third kappa shape index (κ3) is 2.16. The number of rotatable bonds is 1. The van der Waals surface area contributed by atoms with Crippen LogP contribution in [0.5, 0.6) is 0 Å². The van der Waals surface area contributed by atoms with Crippen LogP contribution in [-0.4, -0.2) is 43.6 Å².